The lowest BCUT2D eigenvalue weighted by molar-refractivity contribution is 0.0931. The molecule has 1 amide bonds. The van der Waals surface area contributed by atoms with E-state index in [1.807, 2.05) is 16.8 Å². The van der Waals surface area contributed by atoms with E-state index >= 15 is 0 Å². The average Bonchev–Trinajstić information content (AvgIpc) is 3.36. The minimum absolute atomic E-state index is 0.00667. The summed E-state index contributed by atoms with van der Waals surface area (Å²) in [7, 11) is 0. The van der Waals surface area contributed by atoms with E-state index in [1.165, 1.54) is 23.5 Å². The molecule has 3 heterocycles. The molecule has 1 saturated heterocycles. The van der Waals surface area contributed by atoms with Gasteiger partial charge in [-0.2, -0.15) is 11.3 Å². The van der Waals surface area contributed by atoms with Crippen LogP contribution in [0.3, 0.4) is 0 Å². The van der Waals surface area contributed by atoms with Gasteiger partial charge in [0.2, 0.25) is 5.13 Å². The number of aromatic nitrogens is 2. The van der Waals surface area contributed by atoms with Gasteiger partial charge >= 0.3 is 0 Å². The molecule has 0 unspecified atom stereocenters. The Morgan fingerprint density at radius 3 is 2.67 bits per heavy atom. The molecular weight excluding hydrogens is 383 g/mol. The van der Waals surface area contributed by atoms with Crippen molar-refractivity contribution in [1.82, 2.24) is 15.5 Å². The molecule has 1 N–H and O–H groups in total. The van der Waals surface area contributed by atoms with Gasteiger partial charge in [-0.05, 0) is 42.0 Å². The maximum Gasteiger partial charge on any atom is 0.252 e. The van der Waals surface area contributed by atoms with Crippen LogP contribution in [0.5, 0.6) is 0 Å². The number of amides is 1. The molecule has 2 aromatic heterocycles. The molecule has 0 atom stereocenters. The third-order valence-corrected chi connectivity index (χ3v) is 6.28. The smallest absolute Gasteiger partial charge is 0.252 e. The average molecular weight is 403 g/mol. The van der Waals surface area contributed by atoms with Crippen LogP contribution in [0.4, 0.5) is 9.52 Å². The van der Waals surface area contributed by atoms with Crippen molar-refractivity contribution in [2.75, 3.05) is 18.0 Å². The number of carbonyl (C=O) groups excluding carboxylic acids is 1. The largest absolute Gasteiger partial charge is 0.349 e. The zero-order valence-electron chi connectivity index (χ0n) is 14.6. The van der Waals surface area contributed by atoms with Gasteiger partial charge < -0.3 is 10.2 Å². The zero-order chi connectivity index (χ0) is 18.6. The molecule has 0 radical (unpaired) electrons. The van der Waals surface area contributed by atoms with Crippen LogP contribution in [0.1, 0.15) is 33.8 Å². The summed E-state index contributed by atoms with van der Waals surface area (Å²) < 4.78 is 13.0. The highest BCUT2D eigenvalue weighted by atomic mass is 32.1. The molecule has 8 heteroatoms. The Morgan fingerprint density at radius 2 is 1.96 bits per heavy atom. The van der Waals surface area contributed by atoms with Crippen molar-refractivity contribution in [3.63, 3.8) is 0 Å². The number of rotatable bonds is 5. The predicted molar refractivity (Wildman–Crippen MR) is 106 cm³/mol. The maximum absolute atomic E-state index is 13.0. The van der Waals surface area contributed by atoms with Crippen LogP contribution in [0.15, 0.2) is 41.1 Å². The number of halogens is 1. The van der Waals surface area contributed by atoms with E-state index in [2.05, 4.69) is 20.4 Å². The highest BCUT2D eigenvalue weighted by Crippen LogP contribution is 2.25. The fourth-order valence-corrected chi connectivity index (χ4v) is 4.66. The van der Waals surface area contributed by atoms with Crippen molar-refractivity contribution in [3.8, 4) is 0 Å². The number of nitrogens with zero attached hydrogens (tertiary/aromatic N) is 3. The molecule has 140 valence electrons. The van der Waals surface area contributed by atoms with Crippen LogP contribution < -0.4 is 10.2 Å². The molecule has 0 spiro atoms. The number of carbonyl (C=O) groups is 1. The van der Waals surface area contributed by atoms with Gasteiger partial charge in [-0.25, -0.2) is 4.39 Å². The molecule has 4 rings (SSSR count). The SMILES string of the molecule is O=C(NC1CCN(c2nnc(Cc3ccc(F)cc3)s2)CC1)c1ccsc1. The summed E-state index contributed by atoms with van der Waals surface area (Å²) in [6, 6.07) is 8.52. The second-order valence-corrected chi connectivity index (χ2v) is 8.35. The Hall–Kier alpha value is -2.32. The van der Waals surface area contributed by atoms with Gasteiger partial charge in [-0.1, -0.05) is 23.5 Å². The van der Waals surface area contributed by atoms with Crippen LogP contribution in [0.2, 0.25) is 0 Å². The molecular formula is C19H19FN4OS2. The van der Waals surface area contributed by atoms with Crippen molar-refractivity contribution in [2.24, 2.45) is 0 Å². The normalized spacial score (nSPS) is 15.1. The van der Waals surface area contributed by atoms with Gasteiger partial charge in [-0.3, -0.25) is 4.79 Å². The molecule has 5 nitrogen and oxygen atoms in total. The van der Waals surface area contributed by atoms with E-state index < -0.39 is 0 Å². The van der Waals surface area contributed by atoms with Crippen LogP contribution in [-0.4, -0.2) is 35.2 Å². The van der Waals surface area contributed by atoms with Gasteiger partial charge in [0, 0.05) is 36.5 Å². The first kappa shape index (κ1) is 18.1. The molecule has 27 heavy (non-hydrogen) atoms. The molecule has 3 aromatic rings. The Labute approximate surface area is 164 Å². The number of hydrogen-bond donors (Lipinski definition) is 1. The molecule has 1 fully saturated rings. The highest BCUT2D eigenvalue weighted by Gasteiger charge is 2.23. The first-order chi connectivity index (χ1) is 13.2. The standard InChI is InChI=1S/C19H19FN4OS2/c20-15-3-1-13(2-4-15)11-17-22-23-19(27-17)24-8-5-16(6-9-24)21-18(25)14-7-10-26-12-14/h1-4,7,10,12,16H,5-6,8-9,11H2,(H,21,25). The number of hydrogen-bond acceptors (Lipinski definition) is 6. The quantitative estimate of drug-likeness (QED) is 0.707. The summed E-state index contributed by atoms with van der Waals surface area (Å²) in [4.78, 5) is 14.4. The maximum atomic E-state index is 13.0. The van der Waals surface area contributed by atoms with E-state index in [0.717, 1.165) is 47.2 Å². The summed E-state index contributed by atoms with van der Waals surface area (Å²) in [5.41, 5.74) is 1.76. The van der Waals surface area contributed by atoms with E-state index in [0.29, 0.717) is 6.42 Å². The van der Waals surface area contributed by atoms with Gasteiger partial charge in [-0.15, -0.1) is 10.2 Å². The lowest BCUT2D eigenvalue weighted by atomic mass is 10.1. The zero-order valence-corrected chi connectivity index (χ0v) is 16.2. The second-order valence-electron chi connectivity index (χ2n) is 6.53. The minimum atomic E-state index is -0.231. The van der Waals surface area contributed by atoms with Gasteiger partial charge in [0.15, 0.2) is 0 Å². The molecule has 1 aliphatic rings. The summed E-state index contributed by atoms with van der Waals surface area (Å²) in [6.07, 6.45) is 2.44. The molecule has 0 bridgehead atoms. The summed E-state index contributed by atoms with van der Waals surface area (Å²) in [6.45, 7) is 1.69. The Balaban J connectivity index is 1.30. The van der Waals surface area contributed by atoms with Crippen molar-refractivity contribution in [2.45, 2.75) is 25.3 Å². The molecule has 1 aromatic carbocycles. The van der Waals surface area contributed by atoms with Crippen LogP contribution in [0.25, 0.3) is 0 Å². The lowest BCUT2D eigenvalue weighted by Crippen LogP contribution is -2.44. The lowest BCUT2D eigenvalue weighted by Gasteiger charge is -2.31. The molecule has 1 aliphatic heterocycles. The number of piperidine rings is 1. The topological polar surface area (TPSA) is 58.1 Å². The third-order valence-electron chi connectivity index (χ3n) is 4.61. The monoisotopic (exact) mass is 402 g/mol. The summed E-state index contributed by atoms with van der Waals surface area (Å²) >= 11 is 3.11. The third kappa shape index (κ3) is 4.51. The van der Waals surface area contributed by atoms with Crippen LogP contribution in [0, 0.1) is 5.82 Å². The van der Waals surface area contributed by atoms with E-state index in [9.17, 15) is 9.18 Å². The number of thiophene rings is 1. The van der Waals surface area contributed by atoms with Crippen molar-refractivity contribution >= 4 is 33.7 Å². The minimum Gasteiger partial charge on any atom is -0.349 e. The fourth-order valence-electron chi connectivity index (χ4n) is 3.10. The summed E-state index contributed by atoms with van der Waals surface area (Å²) in [5.74, 6) is -0.224. The first-order valence-electron chi connectivity index (χ1n) is 8.82. The molecule has 0 saturated carbocycles. The van der Waals surface area contributed by atoms with Crippen molar-refractivity contribution < 1.29 is 9.18 Å². The van der Waals surface area contributed by atoms with E-state index in [-0.39, 0.29) is 17.8 Å². The van der Waals surface area contributed by atoms with Crippen LogP contribution >= 0.6 is 22.7 Å². The van der Waals surface area contributed by atoms with Crippen LogP contribution in [-0.2, 0) is 6.42 Å². The number of nitrogens with one attached hydrogen (secondary N) is 1. The van der Waals surface area contributed by atoms with Crippen molar-refractivity contribution in [1.29, 1.82) is 0 Å². The van der Waals surface area contributed by atoms with Crippen molar-refractivity contribution in [3.05, 3.63) is 63.0 Å². The Morgan fingerprint density at radius 1 is 1.19 bits per heavy atom. The molecule has 0 aliphatic carbocycles. The predicted octanol–water partition coefficient (Wildman–Crippen LogP) is 3.73. The number of benzene rings is 1. The van der Waals surface area contributed by atoms with E-state index in [4.69, 9.17) is 0 Å². The van der Waals surface area contributed by atoms with Gasteiger partial charge in [0.25, 0.3) is 5.91 Å². The first-order valence-corrected chi connectivity index (χ1v) is 10.6. The van der Waals surface area contributed by atoms with Gasteiger partial charge in [0.05, 0.1) is 0 Å². The number of anilines is 1. The summed E-state index contributed by atoms with van der Waals surface area (Å²) in [5, 5.41) is 17.3. The fraction of sp³-hybridized carbons (Fsp3) is 0.316. The Bertz CT molecular complexity index is 887. The van der Waals surface area contributed by atoms with E-state index in [1.54, 1.807) is 23.5 Å². The van der Waals surface area contributed by atoms with Gasteiger partial charge in [0.1, 0.15) is 10.8 Å². The highest BCUT2D eigenvalue weighted by molar-refractivity contribution is 7.15. The second kappa shape index (κ2) is 8.14. The Kier molecular flexibility index (Phi) is 5.45.